The number of nitrogens with zero attached hydrogens (tertiary/aromatic N) is 1. The van der Waals surface area contributed by atoms with Crippen molar-refractivity contribution in [2.24, 2.45) is 5.92 Å². The zero-order valence-electron chi connectivity index (χ0n) is 12.3. The van der Waals surface area contributed by atoms with Gasteiger partial charge < -0.3 is 10.4 Å². The van der Waals surface area contributed by atoms with Crippen molar-refractivity contribution in [3.8, 4) is 0 Å². The summed E-state index contributed by atoms with van der Waals surface area (Å²) in [6, 6.07) is 7.90. The number of carbonyl (C=O) groups excluding carboxylic acids is 1. The smallest absolute Gasteiger partial charge is 0.238 e. The van der Waals surface area contributed by atoms with Gasteiger partial charge in [0.25, 0.3) is 0 Å². The molecule has 20 heavy (non-hydrogen) atoms. The molecule has 1 atom stereocenters. The molecule has 1 aromatic rings. The van der Waals surface area contributed by atoms with Gasteiger partial charge in [0.1, 0.15) is 0 Å². The molecule has 1 aromatic carbocycles. The molecule has 1 amide bonds. The minimum absolute atomic E-state index is 0.0382. The molecular formula is C16H24N2O2. The minimum atomic E-state index is -0.295. The van der Waals surface area contributed by atoms with Gasteiger partial charge in [0.2, 0.25) is 5.91 Å². The Hall–Kier alpha value is -1.39. The monoisotopic (exact) mass is 276 g/mol. The summed E-state index contributed by atoms with van der Waals surface area (Å²) < 4.78 is 0. The molecule has 1 aliphatic carbocycles. The van der Waals surface area contributed by atoms with Crippen LogP contribution in [0.4, 0.5) is 5.69 Å². The van der Waals surface area contributed by atoms with Crippen LogP contribution in [0.1, 0.15) is 25.3 Å². The van der Waals surface area contributed by atoms with Crippen LogP contribution in [0.5, 0.6) is 0 Å². The number of nitrogens with one attached hydrogen (secondary N) is 1. The lowest BCUT2D eigenvalue weighted by atomic mass is 10.1. The maximum absolute atomic E-state index is 12.0. The van der Waals surface area contributed by atoms with Gasteiger partial charge in [-0.3, -0.25) is 9.69 Å². The SMILES string of the molecule is CCc1cccc(NC(=O)CN(C)CC(O)C2CC2)c1. The Kier molecular flexibility index (Phi) is 5.15. The largest absolute Gasteiger partial charge is 0.392 e. The molecule has 0 aliphatic heterocycles. The summed E-state index contributed by atoms with van der Waals surface area (Å²) in [6.45, 7) is 2.96. The van der Waals surface area contributed by atoms with Gasteiger partial charge in [0.15, 0.2) is 0 Å². The summed E-state index contributed by atoms with van der Waals surface area (Å²) in [5.74, 6) is 0.408. The van der Waals surface area contributed by atoms with E-state index >= 15 is 0 Å². The van der Waals surface area contributed by atoms with Gasteiger partial charge in [-0.25, -0.2) is 0 Å². The summed E-state index contributed by atoms with van der Waals surface area (Å²) >= 11 is 0. The second kappa shape index (κ2) is 6.86. The average molecular weight is 276 g/mol. The van der Waals surface area contributed by atoms with Crippen LogP contribution in [0.15, 0.2) is 24.3 Å². The van der Waals surface area contributed by atoms with Gasteiger partial charge in [-0.1, -0.05) is 19.1 Å². The zero-order valence-corrected chi connectivity index (χ0v) is 12.3. The summed E-state index contributed by atoms with van der Waals surface area (Å²) in [4.78, 5) is 13.8. The number of aliphatic hydroxyl groups excluding tert-OH is 1. The number of benzene rings is 1. The Morgan fingerprint density at radius 2 is 2.25 bits per heavy atom. The first-order valence-corrected chi connectivity index (χ1v) is 7.34. The fraction of sp³-hybridized carbons (Fsp3) is 0.562. The molecule has 1 unspecified atom stereocenters. The number of aryl methyl sites for hydroxylation is 1. The van der Waals surface area contributed by atoms with Crippen LogP contribution in [0.3, 0.4) is 0 Å². The Morgan fingerprint density at radius 3 is 2.90 bits per heavy atom. The van der Waals surface area contributed by atoms with Crippen molar-refractivity contribution in [2.45, 2.75) is 32.3 Å². The van der Waals surface area contributed by atoms with Gasteiger partial charge in [0.05, 0.1) is 12.6 Å². The molecule has 1 fully saturated rings. The normalized spacial score (nSPS) is 16.2. The number of amides is 1. The van der Waals surface area contributed by atoms with E-state index in [4.69, 9.17) is 0 Å². The van der Waals surface area contributed by atoms with Crippen LogP contribution >= 0.6 is 0 Å². The van der Waals surface area contributed by atoms with Crippen molar-refractivity contribution in [1.82, 2.24) is 4.90 Å². The van der Waals surface area contributed by atoms with Gasteiger partial charge in [-0.15, -0.1) is 0 Å². The van der Waals surface area contributed by atoms with Gasteiger partial charge in [0, 0.05) is 12.2 Å². The van der Waals surface area contributed by atoms with Crippen LogP contribution in [0, 0.1) is 5.92 Å². The number of hydrogen-bond acceptors (Lipinski definition) is 3. The summed E-state index contributed by atoms with van der Waals surface area (Å²) in [7, 11) is 1.87. The van der Waals surface area contributed by atoms with Crippen molar-refractivity contribution in [2.75, 3.05) is 25.5 Å². The second-order valence-corrected chi connectivity index (χ2v) is 5.70. The molecule has 0 spiro atoms. The highest BCUT2D eigenvalue weighted by Crippen LogP contribution is 2.32. The number of rotatable bonds is 7. The van der Waals surface area contributed by atoms with E-state index in [-0.39, 0.29) is 12.0 Å². The van der Waals surface area contributed by atoms with Crippen LogP contribution in [0.25, 0.3) is 0 Å². The lowest BCUT2D eigenvalue weighted by molar-refractivity contribution is -0.117. The lowest BCUT2D eigenvalue weighted by Crippen LogP contribution is -2.36. The van der Waals surface area contributed by atoms with E-state index in [1.807, 2.05) is 36.2 Å². The molecule has 0 bridgehead atoms. The third-order valence-corrected chi connectivity index (χ3v) is 3.70. The Labute approximate surface area is 120 Å². The zero-order chi connectivity index (χ0) is 14.5. The highest BCUT2D eigenvalue weighted by atomic mass is 16.3. The van der Waals surface area contributed by atoms with E-state index in [1.165, 1.54) is 5.56 Å². The van der Waals surface area contributed by atoms with E-state index in [2.05, 4.69) is 12.2 Å². The summed E-state index contributed by atoms with van der Waals surface area (Å²) in [6.07, 6.45) is 2.89. The van der Waals surface area contributed by atoms with E-state index in [9.17, 15) is 9.90 Å². The summed E-state index contributed by atoms with van der Waals surface area (Å²) in [5, 5.41) is 12.8. The number of carbonyl (C=O) groups is 1. The quantitative estimate of drug-likeness (QED) is 0.799. The maximum Gasteiger partial charge on any atom is 0.238 e. The Balaban J connectivity index is 1.78. The fourth-order valence-electron chi connectivity index (χ4n) is 2.33. The van der Waals surface area contributed by atoms with Gasteiger partial charge >= 0.3 is 0 Å². The van der Waals surface area contributed by atoms with E-state index in [0.717, 1.165) is 24.9 Å². The molecule has 1 saturated carbocycles. The van der Waals surface area contributed by atoms with Crippen LogP contribution < -0.4 is 5.32 Å². The predicted octanol–water partition coefficient (Wildman–Crippen LogP) is 1.89. The standard InChI is InChI=1S/C16H24N2O2/c1-3-12-5-4-6-14(9-12)17-16(20)11-18(2)10-15(19)13-7-8-13/h4-6,9,13,15,19H,3,7-8,10-11H2,1-2H3,(H,17,20). The van der Waals surface area contributed by atoms with Crippen molar-refractivity contribution in [3.63, 3.8) is 0 Å². The van der Waals surface area contributed by atoms with Crippen LogP contribution in [-0.4, -0.2) is 42.2 Å². The first-order valence-electron chi connectivity index (χ1n) is 7.34. The second-order valence-electron chi connectivity index (χ2n) is 5.70. The van der Waals surface area contributed by atoms with Crippen molar-refractivity contribution >= 4 is 11.6 Å². The maximum atomic E-state index is 12.0. The highest BCUT2D eigenvalue weighted by Gasteiger charge is 2.30. The average Bonchev–Trinajstić information content (AvgIpc) is 3.22. The predicted molar refractivity (Wildman–Crippen MR) is 80.7 cm³/mol. The molecule has 110 valence electrons. The number of likely N-dealkylation sites (N-methyl/N-ethyl adjacent to an activating group) is 1. The van der Waals surface area contributed by atoms with Crippen molar-refractivity contribution in [1.29, 1.82) is 0 Å². The summed E-state index contributed by atoms with van der Waals surface area (Å²) in [5.41, 5.74) is 2.05. The number of aliphatic hydroxyl groups is 1. The molecule has 0 saturated heterocycles. The molecule has 2 N–H and O–H groups in total. The molecule has 4 nitrogen and oxygen atoms in total. The van der Waals surface area contributed by atoms with Crippen molar-refractivity contribution < 1.29 is 9.90 Å². The van der Waals surface area contributed by atoms with Crippen LogP contribution in [-0.2, 0) is 11.2 Å². The molecule has 1 aliphatic rings. The van der Waals surface area contributed by atoms with Gasteiger partial charge in [-0.2, -0.15) is 0 Å². The third-order valence-electron chi connectivity index (χ3n) is 3.70. The van der Waals surface area contributed by atoms with E-state index in [0.29, 0.717) is 19.0 Å². The molecule has 2 rings (SSSR count). The lowest BCUT2D eigenvalue weighted by Gasteiger charge is -2.19. The molecule has 0 radical (unpaired) electrons. The van der Waals surface area contributed by atoms with E-state index < -0.39 is 0 Å². The first-order chi connectivity index (χ1) is 9.58. The number of anilines is 1. The van der Waals surface area contributed by atoms with Crippen LogP contribution in [0.2, 0.25) is 0 Å². The Morgan fingerprint density at radius 1 is 1.50 bits per heavy atom. The first kappa shape index (κ1) is 15.0. The topological polar surface area (TPSA) is 52.6 Å². The van der Waals surface area contributed by atoms with E-state index in [1.54, 1.807) is 0 Å². The number of hydrogen-bond donors (Lipinski definition) is 2. The molecule has 0 aromatic heterocycles. The van der Waals surface area contributed by atoms with Crippen molar-refractivity contribution in [3.05, 3.63) is 29.8 Å². The van der Waals surface area contributed by atoms with Gasteiger partial charge in [-0.05, 0) is 49.9 Å². The fourth-order valence-corrected chi connectivity index (χ4v) is 2.33. The molecular weight excluding hydrogens is 252 g/mol. The minimum Gasteiger partial charge on any atom is -0.392 e. The Bertz CT molecular complexity index is 458. The highest BCUT2D eigenvalue weighted by molar-refractivity contribution is 5.92. The molecule has 0 heterocycles. The molecule has 4 heteroatoms. The third kappa shape index (κ3) is 4.62.